The molecule has 4 heteroatoms. The van der Waals surface area contributed by atoms with Crippen LogP contribution in [0.3, 0.4) is 0 Å². The van der Waals surface area contributed by atoms with Gasteiger partial charge in [-0.05, 0) is 18.3 Å². The Morgan fingerprint density at radius 2 is 2.00 bits per heavy atom. The van der Waals surface area contributed by atoms with Gasteiger partial charge >= 0.3 is 11.9 Å². The molecule has 0 aliphatic heterocycles. The third kappa shape index (κ3) is 2.53. The van der Waals surface area contributed by atoms with Crippen LogP contribution in [0.4, 0.5) is 0 Å². The Balaban J connectivity index is 2.16. The fourth-order valence-electron chi connectivity index (χ4n) is 1.33. The summed E-state index contributed by atoms with van der Waals surface area (Å²) in [5.41, 5.74) is 0. The minimum atomic E-state index is -0.785. The predicted molar refractivity (Wildman–Crippen MR) is 40.5 cm³/mol. The van der Waals surface area contributed by atoms with E-state index in [2.05, 4.69) is 4.74 Å². The fourth-order valence-corrected chi connectivity index (χ4v) is 1.33. The smallest absolute Gasteiger partial charge is 0.305 e. The maximum absolute atomic E-state index is 10.7. The van der Waals surface area contributed by atoms with E-state index in [0.717, 1.165) is 6.42 Å². The zero-order valence-electron chi connectivity index (χ0n) is 6.95. The highest BCUT2D eigenvalue weighted by Crippen LogP contribution is 2.43. The number of carbonyl (C=O) groups excluding carboxylic acids is 1. The van der Waals surface area contributed by atoms with E-state index in [4.69, 9.17) is 5.11 Å². The predicted octanol–water partition coefficient (Wildman–Crippen LogP) is 0.660. The molecule has 0 amide bonds. The van der Waals surface area contributed by atoms with E-state index in [1.807, 2.05) is 0 Å². The molecule has 1 fully saturated rings. The third-order valence-electron chi connectivity index (χ3n) is 2.16. The first kappa shape index (κ1) is 9.03. The first-order valence-electron chi connectivity index (χ1n) is 3.92. The van der Waals surface area contributed by atoms with E-state index in [1.165, 1.54) is 7.11 Å². The molecule has 1 N–H and O–H groups in total. The lowest BCUT2D eigenvalue weighted by Crippen LogP contribution is -2.03. The molecule has 0 spiro atoms. The molecule has 0 aromatic heterocycles. The van der Waals surface area contributed by atoms with Crippen molar-refractivity contribution < 1.29 is 19.4 Å². The third-order valence-corrected chi connectivity index (χ3v) is 2.16. The number of rotatable bonds is 4. The second-order valence-electron chi connectivity index (χ2n) is 3.13. The van der Waals surface area contributed by atoms with Crippen LogP contribution in [0.1, 0.15) is 19.3 Å². The van der Waals surface area contributed by atoms with Crippen molar-refractivity contribution in [1.29, 1.82) is 0 Å². The van der Waals surface area contributed by atoms with Gasteiger partial charge in [0.1, 0.15) is 0 Å². The highest BCUT2D eigenvalue weighted by atomic mass is 16.5. The minimum Gasteiger partial charge on any atom is -0.481 e. The van der Waals surface area contributed by atoms with Gasteiger partial charge in [0.25, 0.3) is 0 Å². The summed E-state index contributed by atoms with van der Waals surface area (Å²) in [6.07, 6.45) is 1.40. The Morgan fingerprint density at radius 1 is 1.42 bits per heavy atom. The molecule has 1 aliphatic carbocycles. The summed E-state index contributed by atoms with van der Waals surface area (Å²) in [6.45, 7) is 0. The average Bonchev–Trinajstić information content (AvgIpc) is 2.66. The largest absolute Gasteiger partial charge is 0.481 e. The van der Waals surface area contributed by atoms with Crippen molar-refractivity contribution in [3.63, 3.8) is 0 Å². The lowest BCUT2D eigenvalue weighted by atomic mass is 10.2. The molecule has 12 heavy (non-hydrogen) atoms. The quantitative estimate of drug-likeness (QED) is 0.633. The number of carboxylic acid groups (broad SMARTS) is 1. The van der Waals surface area contributed by atoms with Crippen LogP contribution in [-0.4, -0.2) is 24.2 Å². The second-order valence-corrected chi connectivity index (χ2v) is 3.13. The monoisotopic (exact) mass is 172 g/mol. The Labute approximate surface area is 70.5 Å². The molecule has 0 saturated heterocycles. The molecule has 1 aliphatic rings. The van der Waals surface area contributed by atoms with E-state index in [0.29, 0.717) is 6.42 Å². The summed E-state index contributed by atoms with van der Waals surface area (Å²) in [5, 5.41) is 8.42. The number of carbonyl (C=O) groups is 2. The van der Waals surface area contributed by atoms with Crippen LogP contribution < -0.4 is 0 Å². The maximum atomic E-state index is 10.7. The Morgan fingerprint density at radius 3 is 2.50 bits per heavy atom. The van der Waals surface area contributed by atoms with Gasteiger partial charge in [-0.3, -0.25) is 9.59 Å². The van der Waals surface area contributed by atoms with Gasteiger partial charge in [-0.25, -0.2) is 0 Å². The van der Waals surface area contributed by atoms with Crippen LogP contribution in [0.15, 0.2) is 0 Å². The second kappa shape index (κ2) is 3.56. The number of hydrogen-bond acceptors (Lipinski definition) is 3. The fraction of sp³-hybridized carbons (Fsp3) is 0.750. The molecule has 0 radical (unpaired) electrons. The highest BCUT2D eigenvalue weighted by Gasteiger charge is 2.39. The van der Waals surface area contributed by atoms with Crippen molar-refractivity contribution in [3.8, 4) is 0 Å². The SMILES string of the molecule is COC(=O)C[C@H]1C[C@@H]1CC(=O)O. The topological polar surface area (TPSA) is 63.6 Å². The maximum Gasteiger partial charge on any atom is 0.305 e. The van der Waals surface area contributed by atoms with Crippen molar-refractivity contribution in [1.82, 2.24) is 0 Å². The Hall–Kier alpha value is -1.06. The molecule has 0 aromatic carbocycles. The summed E-state index contributed by atoms with van der Waals surface area (Å²) in [4.78, 5) is 21.0. The van der Waals surface area contributed by atoms with Gasteiger partial charge < -0.3 is 9.84 Å². The number of esters is 1. The summed E-state index contributed by atoms with van der Waals surface area (Å²) in [6, 6.07) is 0. The van der Waals surface area contributed by atoms with E-state index < -0.39 is 5.97 Å². The summed E-state index contributed by atoms with van der Waals surface area (Å²) in [5.74, 6) is -0.588. The molecule has 2 atom stereocenters. The van der Waals surface area contributed by atoms with Gasteiger partial charge in [0, 0.05) is 12.8 Å². The standard InChI is InChI=1S/C8H12O4/c1-12-8(11)4-6-2-5(6)3-7(9)10/h5-6H,2-4H2,1H3,(H,9,10)/t5-,6-/m1/s1. The van der Waals surface area contributed by atoms with Crippen molar-refractivity contribution in [2.75, 3.05) is 7.11 Å². The number of methoxy groups -OCH3 is 1. The first-order chi connectivity index (χ1) is 5.63. The minimum absolute atomic E-state index is 0.182. The van der Waals surface area contributed by atoms with Gasteiger partial charge in [-0.1, -0.05) is 0 Å². The molecule has 0 bridgehead atoms. The molecule has 4 nitrogen and oxygen atoms in total. The number of ether oxygens (including phenoxy) is 1. The van der Waals surface area contributed by atoms with Gasteiger partial charge in [0.2, 0.25) is 0 Å². The summed E-state index contributed by atoms with van der Waals surface area (Å²) in [7, 11) is 1.34. The average molecular weight is 172 g/mol. The number of aliphatic carboxylic acids is 1. The molecule has 68 valence electrons. The summed E-state index contributed by atoms with van der Waals surface area (Å²) < 4.78 is 4.47. The van der Waals surface area contributed by atoms with Crippen molar-refractivity contribution in [2.24, 2.45) is 11.8 Å². The molecular weight excluding hydrogens is 160 g/mol. The van der Waals surface area contributed by atoms with Crippen LogP contribution >= 0.6 is 0 Å². The van der Waals surface area contributed by atoms with Crippen molar-refractivity contribution >= 4 is 11.9 Å². The zero-order valence-corrected chi connectivity index (χ0v) is 6.95. The van der Waals surface area contributed by atoms with Crippen LogP contribution in [-0.2, 0) is 14.3 Å². The number of carboxylic acids is 1. The molecular formula is C8H12O4. The highest BCUT2D eigenvalue weighted by molar-refractivity contribution is 5.71. The summed E-state index contributed by atoms with van der Waals surface area (Å²) >= 11 is 0. The van der Waals surface area contributed by atoms with Gasteiger partial charge in [-0.15, -0.1) is 0 Å². The van der Waals surface area contributed by atoms with Gasteiger partial charge in [0.05, 0.1) is 7.11 Å². The molecule has 0 unspecified atom stereocenters. The molecule has 0 aromatic rings. The number of hydrogen-bond donors (Lipinski definition) is 1. The lowest BCUT2D eigenvalue weighted by molar-refractivity contribution is -0.142. The zero-order chi connectivity index (χ0) is 9.14. The normalized spacial score (nSPS) is 26.4. The lowest BCUT2D eigenvalue weighted by Gasteiger charge is -1.96. The van der Waals surface area contributed by atoms with Crippen LogP contribution in [0.2, 0.25) is 0 Å². The van der Waals surface area contributed by atoms with Gasteiger partial charge in [0.15, 0.2) is 0 Å². The van der Waals surface area contributed by atoms with Crippen LogP contribution in [0.25, 0.3) is 0 Å². The van der Waals surface area contributed by atoms with E-state index in [9.17, 15) is 9.59 Å². The van der Waals surface area contributed by atoms with E-state index in [-0.39, 0.29) is 24.2 Å². The van der Waals surface area contributed by atoms with Gasteiger partial charge in [-0.2, -0.15) is 0 Å². The van der Waals surface area contributed by atoms with Crippen LogP contribution in [0.5, 0.6) is 0 Å². The molecule has 1 rings (SSSR count). The van der Waals surface area contributed by atoms with E-state index in [1.54, 1.807) is 0 Å². The molecule has 1 saturated carbocycles. The van der Waals surface area contributed by atoms with Crippen molar-refractivity contribution in [3.05, 3.63) is 0 Å². The van der Waals surface area contributed by atoms with Crippen molar-refractivity contribution in [2.45, 2.75) is 19.3 Å². The first-order valence-corrected chi connectivity index (χ1v) is 3.92. The van der Waals surface area contributed by atoms with Crippen LogP contribution in [0, 0.1) is 11.8 Å². The Kier molecular flexibility index (Phi) is 2.68. The van der Waals surface area contributed by atoms with E-state index >= 15 is 0 Å². The Bertz CT molecular complexity index is 199. The molecule has 0 heterocycles.